The molecule has 7 nitrogen and oxygen atoms in total. The van der Waals surface area contributed by atoms with E-state index in [1.807, 2.05) is 12.1 Å². The SMILES string of the molecule is O=C(Cn1c2c(sc1=O)[C@H](c1cccc(Cl)c1Cl)C1C(=O)N(c3ccccc3)C(=O)C1S2)Nc1ccccc1. The van der Waals surface area contributed by atoms with E-state index in [4.69, 9.17) is 23.2 Å². The smallest absolute Gasteiger partial charge is 0.308 e. The minimum Gasteiger partial charge on any atom is -0.325 e. The number of rotatable bonds is 5. The number of nitrogens with zero attached hydrogens (tertiary/aromatic N) is 2. The molecular formula is C28H19Cl2N3O4S2. The van der Waals surface area contributed by atoms with E-state index in [1.54, 1.807) is 66.7 Å². The Balaban J connectivity index is 1.45. The minimum atomic E-state index is -0.817. The van der Waals surface area contributed by atoms with Crippen LogP contribution in [0.15, 0.2) is 88.7 Å². The van der Waals surface area contributed by atoms with Gasteiger partial charge in [-0.25, -0.2) is 4.90 Å². The summed E-state index contributed by atoms with van der Waals surface area (Å²) in [5.74, 6) is -2.64. The molecule has 0 spiro atoms. The standard InChI is InChI=1S/C28H19Cl2N3O4S2/c29-18-13-7-12-17(22(18)30)20-21-23(26(36)33(25(21)35)16-10-5-2-6-11-16)38-27-24(20)39-28(37)32(27)14-19(34)31-15-8-3-1-4-9-15/h1-13,20-21,23H,14H2,(H,31,34)/t20-,21?,23?/m1/s1. The van der Waals surface area contributed by atoms with Gasteiger partial charge in [0.1, 0.15) is 11.8 Å². The first-order chi connectivity index (χ1) is 18.8. The molecule has 4 aromatic rings. The van der Waals surface area contributed by atoms with Crippen LogP contribution >= 0.6 is 46.3 Å². The highest BCUT2D eigenvalue weighted by Gasteiger charge is 2.57. The number of halogens is 2. The van der Waals surface area contributed by atoms with E-state index in [0.717, 1.165) is 23.1 Å². The molecule has 1 aromatic heterocycles. The lowest BCUT2D eigenvalue weighted by Crippen LogP contribution is -2.33. The number of aromatic nitrogens is 1. The van der Waals surface area contributed by atoms with Crippen LogP contribution in [0, 0.1) is 5.92 Å². The van der Waals surface area contributed by atoms with Crippen molar-refractivity contribution in [1.29, 1.82) is 0 Å². The first-order valence-corrected chi connectivity index (χ1v) is 14.4. The summed E-state index contributed by atoms with van der Waals surface area (Å²) < 4.78 is 1.37. The number of fused-ring (bicyclic) bond motifs is 2. The van der Waals surface area contributed by atoms with Crippen molar-refractivity contribution in [2.24, 2.45) is 5.92 Å². The second-order valence-corrected chi connectivity index (χ2v) is 12.0. The van der Waals surface area contributed by atoms with Gasteiger partial charge in [-0.1, -0.05) is 94.8 Å². The lowest BCUT2D eigenvalue weighted by atomic mass is 9.83. The third-order valence-corrected chi connectivity index (χ3v) is 10.2. The van der Waals surface area contributed by atoms with Gasteiger partial charge < -0.3 is 5.32 Å². The van der Waals surface area contributed by atoms with Crippen LogP contribution in [0.4, 0.5) is 11.4 Å². The van der Waals surface area contributed by atoms with Gasteiger partial charge in [0, 0.05) is 16.5 Å². The molecule has 0 radical (unpaired) electrons. The first kappa shape index (κ1) is 25.9. The lowest BCUT2D eigenvalue weighted by Gasteiger charge is -2.31. The summed E-state index contributed by atoms with van der Waals surface area (Å²) in [4.78, 5) is 55.2. The summed E-state index contributed by atoms with van der Waals surface area (Å²) in [7, 11) is 0. The number of nitrogens with one attached hydrogen (secondary N) is 1. The summed E-state index contributed by atoms with van der Waals surface area (Å²) in [5, 5.41) is 3.01. The van der Waals surface area contributed by atoms with Crippen molar-refractivity contribution in [3.05, 3.63) is 109 Å². The number of para-hydroxylation sites is 2. The highest BCUT2D eigenvalue weighted by atomic mass is 35.5. The predicted octanol–water partition coefficient (Wildman–Crippen LogP) is 5.65. The number of hydrogen-bond donors (Lipinski definition) is 1. The van der Waals surface area contributed by atoms with Gasteiger partial charge >= 0.3 is 4.87 Å². The second-order valence-electron chi connectivity index (χ2n) is 9.07. The Labute approximate surface area is 241 Å². The van der Waals surface area contributed by atoms with Gasteiger partial charge in [0.25, 0.3) is 0 Å². The molecule has 2 aliphatic heterocycles. The number of hydrogen-bond acceptors (Lipinski definition) is 6. The highest BCUT2D eigenvalue weighted by molar-refractivity contribution is 8.00. The van der Waals surface area contributed by atoms with Gasteiger partial charge in [-0.15, -0.1) is 0 Å². The van der Waals surface area contributed by atoms with E-state index in [2.05, 4.69) is 5.32 Å². The van der Waals surface area contributed by atoms with Crippen molar-refractivity contribution in [3.63, 3.8) is 0 Å². The molecule has 0 aliphatic carbocycles. The topological polar surface area (TPSA) is 88.5 Å². The maximum Gasteiger partial charge on any atom is 0.308 e. The second kappa shape index (κ2) is 10.3. The van der Waals surface area contributed by atoms with Crippen molar-refractivity contribution in [2.45, 2.75) is 22.7 Å². The third-order valence-electron chi connectivity index (χ3n) is 6.74. The number of anilines is 2. The Morgan fingerprint density at radius 2 is 1.56 bits per heavy atom. The van der Waals surface area contributed by atoms with Crippen molar-refractivity contribution in [1.82, 2.24) is 4.57 Å². The zero-order valence-electron chi connectivity index (χ0n) is 20.0. The van der Waals surface area contributed by atoms with E-state index >= 15 is 0 Å². The van der Waals surface area contributed by atoms with Crippen LogP contribution in [-0.2, 0) is 20.9 Å². The van der Waals surface area contributed by atoms with Gasteiger partial charge in [0.05, 0.1) is 26.7 Å². The fourth-order valence-electron chi connectivity index (χ4n) is 5.05. The van der Waals surface area contributed by atoms with Crippen molar-refractivity contribution < 1.29 is 14.4 Å². The van der Waals surface area contributed by atoms with Gasteiger partial charge in [-0.3, -0.25) is 23.7 Å². The fraction of sp³-hybridized carbons (Fsp3) is 0.143. The van der Waals surface area contributed by atoms with Crippen LogP contribution in [0.5, 0.6) is 0 Å². The summed E-state index contributed by atoms with van der Waals surface area (Å²) in [6.45, 7) is -0.246. The van der Waals surface area contributed by atoms with Crippen LogP contribution < -0.4 is 15.1 Å². The summed E-state index contributed by atoms with van der Waals surface area (Å²) in [5.41, 5.74) is 1.63. The van der Waals surface area contributed by atoms with E-state index < -0.39 is 17.1 Å². The number of imide groups is 1. The van der Waals surface area contributed by atoms with Crippen molar-refractivity contribution in [3.8, 4) is 0 Å². The van der Waals surface area contributed by atoms with Crippen LogP contribution in [0.25, 0.3) is 0 Å². The summed E-state index contributed by atoms with van der Waals surface area (Å²) in [6, 6.07) is 22.8. The average Bonchev–Trinajstić information content (AvgIpc) is 3.37. The van der Waals surface area contributed by atoms with E-state index in [1.165, 1.54) is 9.47 Å². The number of thioether (sulfide) groups is 1. The first-order valence-electron chi connectivity index (χ1n) is 12.0. The Bertz CT molecular complexity index is 1670. The summed E-state index contributed by atoms with van der Waals surface area (Å²) >= 11 is 15.1. The zero-order chi connectivity index (χ0) is 27.3. The molecule has 2 unspecified atom stereocenters. The lowest BCUT2D eigenvalue weighted by molar-refractivity contribution is -0.122. The average molecular weight is 597 g/mol. The Morgan fingerprint density at radius 3 is 2.28 bits per heavy atom. The number of benzene rings is 3. The number of amides is 3. The highest BCUT2D eigenvalue weighted by Crippen LogP contribution is 2.55. The molecule has 0 bridgehead atoms. The quantitative estimate of drug-likeness (QED) is 0.301. The van der Waals surface area contributed by atoms with Gasteiger partial charge in [-0.2, -0.15) is 0 Å². The Hall–Kier alpha value is -3.37. The number of thiazole rings is 1. The molecule has 11 heteroatoms. The normalized spacial score (nSPS) is 20.1. The zero-order valence-corrected chi connectivity index (χ0v) is 23.2. The van der Waals surface area contributed by atoms with E-state index in [-0.39, 0.29) is 34.2 Å². The molecule has 39 heavy (non-hydrogen) atoms. The Morgan fingerprint density at radius 1 is 0.872 bits per heavy atom. The molecular weight excluding hydrogens is 577 g/mol. The van der Waals surface area contributed by atoms with Crippen LogP contribution in [0.1, 0.15) is 16.4 Å². The fourth-order valence-corrected chi connectivity index (χ4v) is 8.24. The molecule has 3 heterocycles. The van der Waals surface area contributed by atoms with Crippen LogP contribution in [0.3, 0.4) is 0 Å². The van der Waals surface area contributed by atoms with Gasteiger partial charge in [0.2, 0.25) is 17.7 Å². The minimum absolute atomic E-state index is 0.246. The molecule has 6 rings (SSSR count). The third kappa shape index (κ3) is 4.49. The van der Waals surface area contributed by atoms with Crippen molar-refractivity contribution >= 4 is 75.4 Å². The molecule has 1 saturated heterocycles. The molecule has 0 saturated carbocycles. The van der Waals surface area contributed by atoms with Crippen molar-refractivity contribution in [2.75, 3.05) is 10.2 Å². The maximum atomic E-state index is 13.9. The molecule has 196 valence electrons. The van der Waals surface area contributed by atoms with Gasteiger partial charge in [-0.05, 0) is 35.9 Å². The monoisotopic (exact) mass is 595 g/mol. The molecule has 3 atom stereocenters. The molecule has 1 N–H and O–H groups in total. The molecule has 3 aromatic carbocycles. The van der Waals surface area contributed by atoms with E-state index in [0.29, 0.717) is 31.9 Å². The van der Waals surface area contributed by atoms with Crippen LogP contribution in [-0.4, -0.2) is 27.5 Å². The number of carbonyl (C=O) groups is 3. The Kier molecular flexibility index (Phi) is 6.84. The van der Waals surface area contributed by atoms with Crippen LogP contribution in [0.2, 0.25) is 10.0 Å². The summed E-state index contributed by atoms with van der Waals surface area (Å²) in [6.07, 6.45) is 0. The molecule has 3 amide bonds. The van der Waals surface area contributed by atoms with Gasteiger partial charge in [0.15, 0.2) is 0 Å². The maximum absolute atomic E-state index is 13.9. The number of carbonyl (C=O) groups excluding carboxylic acids is 3. The van der Waals surface area contributed by atoms with E-state index in [9.17, 15) is 19.2 Å². The largest absolute Gasteiger partial charge is 0.325 e. The predicted molar refractivity (Wildman–Crippen MR) is 154 cm³/mol. The molecule has 1 fully saturated rings. The molecule has 2 aliphatic rings.